The van der Waals surface area contributed by atoms with Crippen LogP contribution in [0.1, 0.15) is 57.4 Å². The van der Waals surface area contributed by atoms with Gasteiger partial charge in [-0.2, -0.15) is 13.2 Å². The second-order valence-corrected chi connectivity index (χ2v) is 11.0. The fourth-order valence-electron chi connectivity index (χ4n) is 6.25. The number of hydrogen-bond donors (Lipinski definition) is 2. The molecule has 4 saturated carbocycles. The number of nitrogens with one attached hydrogen (secondary N) is 2. The summed E-state index contributed by atoms with van der Waals surface area (Å²) in [4.78, 5) is 23.9. The second-order valence-electron chi connectivity index (χ2n) is 9.28. The van der Waals surface area contributed by atoms with Crippen LogP contribution < -0.4 is 10.6 Å². The highest BCUT2D eigenvalue weighted by atomic mass is 79.9. The van der Waals surface area contributed by atoms with Gasteiger partial charge in [-0.1, -0.05) is 15.9 Å². The zero-order valence-corrected chi connectivity index (χ0v) is 17.8. The summed E-state index contributed by atoms with van der Waals surface area (Å²) in [5.74, 6) is 0.374. The van der Waals surface area contributed by atoms with Crippen molar-refractivity contribution in [2.75, 3.05) is 10.6 Å². The monoisotopic (exact) mass is 472 g/mol. The van der Waals surface area contributed by atoms with Crippen molar-refractivity contribution in [2.45, 2.75) is 62.4 Å². The molecule has 4 aliphatic carbocycles. The van der Waals surface area contributed by atoms with Gasteiger partial charge in [-0.25, -0.2) is 0 Å². The molecule has 0 spiro atoms. The third-order valence-electron chi connectivity index (χ3n) is 6.57. The van der Waals surface area contributed by atoms with E-state index in [-0.39, 0.29) is 33.4 Å². The Hall–Kier alpha value is -1.57. The van der Waals surface area contributed by atoms with E-state index in [2.05, 4.69) is 26.6 Å². The molecule has 2 atom stereocenters. The van der Waals surface area contributed by atoms with Gasteiger partial charge in [0.25, 0.3) is 0 Å². The lowest BCUT2D eigenvalue weighted by molar-refractivity contribution is -0.137. The number of carbonyl (C=O) groups is 2. The highest BCUT2D eigenvalue weighted by Gasteiger charge is 2.57. The Labute approximate surface area is 176 Å². The first-order valence-corrected chi connectivity index (χ1v) is 10.7. The lowest BCUT2D eigenvalue weighted by atomic mass is 9.48. The van der Waals surface area contributed by atoms with E-state index in [1.165, 1.54) is 25.5 Å². The van der Waals surface area contributed by atoms with Gasteiger partial charge in [0, 0.05) is 23.4 Å². The van der Waals surface area contributed by atoms with Crippen molar-refractivity contribution in [3.05, 3.63) is 23.8 Å². The molecule has 4 nitrogen and oxygen atoms in total. The minimum atomic E-state index is -4.64. The molecule has 5 rings (SSSR count). The van der Waals surface area contributed by atoms with Gasteiger partial charge in [0.05, 0.1) is 11.3 Å². The molecule has 2 unspecified atom stereocenters. The molecule has 0 heterocycles. The molecular weight excluding hydrogens is 449 g/mol. The summed E-state index contributed by atoms with van der Waals surface area (Å²) in [6.07, 6.45) is 1.96. The molecule has 4 fully saturated rings. The van der Waals surface area contributed by atoms with Crippen molar-refractivity contribution < 1.29 is 22.8 Å². The molecule has 2 N–H and O–H groups in total. The fraction of sp³-hybridized carbons (Fsp3) is 0.619. The van der Waals surface area contributed by atoms with Gasteiger partial charge in [0.15, 0.2) is 0 Å². The standard InChI is InChI=1S/C21H24BrF3N2O2/c1-12(28)26-15-2-3-17(16(5-15)21(23,24)25)27-18(29)10-19-6-13-4-14(7-19)9-20(22,8-13)11-19/h2-3,5,13-14H,4,6-11H2,1H3,(H,26,28)(H,27,29). The van der Waals surface area contributed by atoms with Gasteiger partial charge >= 0.3 is 6.18 Å². The molecule has 0 radical (unpaired) electrons. The summed E-state index contributed by atoms with van der Waals surface area (Å²) in [7, 11) is 0. The smallest absolute Gasteiger partial charge is 0.326 e. The number of benzene rings is 1. The van der Waals surface area contributed by atoms with Crippen LogP contribution in [-0.2, 0) is 15.8 Å². The molecule has 1 aromatic carbocycles. The molecular formula is C21H24BrF3N2O2. The predicted molar refractivity (Wildman–Crippen MR) is 108 cm³/mol. The Balaban J connectivity index is 1.52. The SMILES string of the molecule is CC(=O)Nc1ccc(NC(=O)CC23CC4CC(CC(Br)(C4)C2)C3)c(C(F)(F)F)c1. The quantitative estimate of drug-likeness (QED) is 0.550. The molecule has 8 heteroatoms. The third-order valence-corrected chi connectivity index (χ3v) is 7.49. The van der Waals surface area contributed by atoms with Crippen molar-refractivity contribution in [3.8, 4) is 0 Å². The Morgan fingerprint density at radius 1 is 1.14 bits per heavy atom. The lowest BCUT2D eigenvalue weighted by Gasteiger charge is -2.60. The summed E-state index contributed by atoms with van der Waals surface area (Å²) >= 11 is 3.90. The van der Waals surface area contributed by atoms with Crippen molar-refractivity contribution >= 4 is 39.1 Å². The maximum absolute atomic E-state index is 13.5. The number of carbonyl (C=O) groups excluding carboxylic acids is 2. The van der Waals surface area contributed by atoms with Crippen LogP contribution in [0.15, 0.2) is 18.2 Å². The number of hydrogen-bond acceptors (Lipinski definition) is 2. The van der Waals surface area contributed by atoms with Crippen LogP contribution in [0.5, 0.6) is 0 Å². The first kappa shape index (κ1) is 20.7. The van der Waals surface area contributed by atoms with Gasteiger partial charge in [0.1, 0.15) is 0 Å². The minimum absolute atomic E-state index is 0.0464. The first-order chi connectivity index (χ1) is 13.5. The zero-order chi connectivity index (χ0) is 21.0. The van der Waals surface area contributed by atoms with E-state index in [1.54, 1.807) is 0 Å². The highest BCUT2D eigenvalue weighted by molar-refractivity contribution is 9.10. The first-order valence-electron chi connectivity index (χ1n) is 9.93. The molecule has 158 valence electrons. The molecule has 29 heavy (non-hydrogen) atoms. The van der Waals surface area contributed by atoms with Gasteiger partial charge in [0.2, 0.25) is 11.8 Å². The van der Waals surface area contributed by atoms with E-state index in [0.717, 1.165) is 38.2 Å². The van der Waals surface area contributed by atoms with Crippen LogP contribution in [-0.4, -0.2) is 16.1 Å². The van der Waals surface area contributed by atoms with E-state index in [4.69, 9.17) is 0 Å². The molecule has 4 aliphatic rings. The minimum Gasteiger partial charge on any atom is -0.326 e. The summed E-state index contributed by atoms with van der Waals surface area (Å²) in [5, 5.41) is 4.85. The summed E-state index contributed by atoms with van der Waals surface area (Å²) < 4.78 is 40.6. The number of alkyl halides is 4. The number of amides is 2. The zero-order valence-electron chi connectivity index (χ0n) is 16.2. The topological polar surface area (TPSA) is 58.2 Å². The van der Waals surface area contributed by atoms with Crippen molar-refractivity contribution in [1.82, 2.24) is 0 Å². The Morgan fingerprint density at radius 2 is 1.79 bits per heavy atom. The molecule has 1 aromatic rings. The molecule has 0 aliphatic heterocycles. The summed E-state index contributed by atoms with van der Waals surface area (Å²) in [6.45, 7) is 1.23. The lowest BCUT2D eigenvalue weighted by Crippen LogP contribution is -2.53. The molecule has 4 bridgehead atoms. The molecule has 0 saturated heterocycles. The van der Waals surface area contributed by atoms with Crippen LogP contribution >= 0.6 is 15.9 Å². The van der Waals surface area contributed by atoms with Crippen LogP contribution in [0.2, 0.25) is 0 Å². The van der Waals surface area contributed by atoms with Gasteiger partial charge in [-0.05, 0) is 74.0 Å². The maximum Gasteiger partial charge on any atom is 0.418 e. The molecule has 2 amide bonds. The molecule has 0 aromatic heterocycles. The van der Waals surface area contributed by atoms with Crippen molar-refractivity contribution in [2.24, 2.45) is 17.3 Å². The van der Waals surface area contributed by atoms with Crippen LogP contribution in [0.4, 0.5) is 24.5 Å². The largest absolute Gasteiger partial charge is 0.418 e. The van der Waals surface area contributed by atoms with Crippen molar-refractivity contribution in [3.63, 3.8) is 0 Å². The number of anilines is 2. The van der Waals surface area contributed by atoms with Crippen molar-refractivity contribution in [1.29, 1.82) is 0 Å². The maximum atomic E-state index is 13.5. The van der Waals surface area contributed by atoms with E-state index < -0.39 is 17.6 Å². The highest BCUT2D eigenvalue weighted by Crippen LogP contribution is 2.65. The number of halogens is 4. The average Bonchev–Trinajstić information content (AvgIpc) is 2.51. The normalized spacial score (nSPS) is 32.9. The van der Waals surface area contributed by atoms with Gasteiger partial charge in [-0.3, -0.25) is 9.59 Å². The van der Waals surface area contributed by atoms with Crippen LogP contribution in [0, 0.1) is 17.3 Å². The second kappa shape index (κ2) is 7.00. The number of rotatable bonds is 4. The summed E-state index contributed by atoms with van der Waals surface area (Å²) in [5.41, 5.74) is -1.30. The van der Waals surface area contributed by atoms with E-state index >= 15 is 0 Å². The van der Waals surface area contributed by atoms with Crippen LogP contribution in [0.25, 0.3) is 0 Å². The van der Waals surface area contributed by atoms with Gasteiger partial charge < -0.3 is 10.6 Å². The van der Waals surface area contributed by atoms with E-state index in [1.807, 2.05) is 0 Å². The Morgan fingerprint density at radius 3 is 2.34 bits per heavy atom. The van der Waals surface area contributed by atoms with E-state index in [0.29, 0.717) is 11.8 Å². The predicted octanol–water partition coefficient (Wildman–Crippen LogP) is 5.73. The van der Waals surface area contributed by atoms with Crippen LogP contribution in [0.3, 0.4) is 0 Å². The van der Waals surface area contributed by atoms with Gasteiger partial charge in [-0.15, -0.1) is 0 Å². The Bertz CT molecular complexity index is 841. The van der Waals surface area contributed by atoms with E-state index in [9.17, 15) is 22.8 Å². The average molecular weight is 473 g/mol. The Kier molecular flexibility index (Phi) is 4.99. The summed E-state index contributed by atoms with van der Waals surface area (Å²) in [6, 6.07) is 3.43. The fourth-order valence-corrected chi connectivity index (χ4v) is 7.76. The third kappa shape index (κ3) is 4.32.